The smallest absolute Gasteiger partial charge is 0.276 e. The van der Waals surface area contributed by atoms with Gasteiger partial charge in [0.05, 0.1) is 15.9 Å². The molecule has 0 radical (unpaired) electrons. The summed E-state index contributed by atoms with van der Waals surface area (Å²) in [7, 11) is 0. The van der Waals surface area contributed by atoms with E-state index >= 15 is 0 Å². The van der Waals surface area contributed by atoms with Crippen LogP contribution in [0.3, 0.4) is 0 Å². The number of rotatable bonds is 6. The fraction of sp³-hybridized carbons (Fsp3) is 0.476. The predicted octanol–water partition coefficient (Wildman–Crippen LogP) is 6.03. The molecule has 0 spiro atoms. The summed E-state index contributed by atoms with van der Waals surface area (Å²) >= 11 is 5.17. The molecule has 0 saturated heterocycles. The van der Waals surface area contributed by atoms with Crippen molar-refractivity contribution in [1.82, 2.24) is 20.0 Å². The topological polar surface area (TPSA) is 56.7 Å². The van der Waals surface area contributed by atoms with Gasteiger partial charge in [0.1, 0.15) is 6.54 Å². The molecule has 1 aliphatic rings. The van der Waals surface area contributed by atoms with E-state index < -0.39 is 0 Å². The molecule has 4 rings (SSSR count). The molecule has 1 aliphatic carbocycles. The minimum absolute atomic E-state index is 0.491. The normalized spacial score (nSPS) is 15.2. The van der Waals surface area contributed by atoms with Crippen LogP contribution in [0.1, 0.15) is 66.4 Å². The van der Waals surface area contributed by atoms with Crippen LogP contribution in [0.25, 0.3) is 0 Å². The van der Waals surface area contributed by atoms with Gasteiger partial charge in [-0.1, -0.05) is 55.3 Å². The highest BCUT2D eigenvalue weighted by atomic mass is 79.9. The van der Waals surface area contributed by atoms with Gasteiger partial charge in [-0.2, -0.15) is 5.10 Å². The molecule has 28 heavy (non-hydrogen) atoms. The summed E-state index contributed by atoms with van der Waals surface area (Å²) in [6.07, 6.45) is 6.70. The number of nitrogens with zero attached hydrogens (tertiary/aromatic N) is 4. The molecule has 148 valence electrons. The molecule has 0 N–H and O–H groups in total. The molecule has 0 unspecified atom stereocenters. The van der Waals surface area contributed by atoms with Crippen molar-refractivity contribution in [3.8, 4) is 0 Å². The van der Waals surface area contributed by atoms with Crippen molar-refractivity contribution in [3.05, 3.63) is 57.1 Å². The Labute approximate surface area is 178 Å². The van der Waals surface area contributed by atoms with Crippen molar-refractivity contribution in [2.75, 3.05) is 0 Å². The predicted molar refractivity (Wildman–Crippen MR) is 115 cm³/mol. The van der Waals surface area contributed by atoms with E-state index in [-0.39, 0.29) is 0 Å². The summed E-state index contributed by atoms with van der Waals surface area (Å²) in [6.45, 7) is 4.50. The average molecular weight is 461 g/mol. The summed E-state index contributed by atoms with van der Waals surface area (Å²) in [5.74, 6) is 2.15. The lowest BCUT2D eigenvalue weighted by Crippen LogP contribution is -2.06. The van der Waals surface area contributed by atoms with Crippen LogP contribution in [0.4, 0.5) is 0 Å². The van der Waals surface area contributed by atoms with E-state index in [2.05, 4.69) is 55.5 Å². The fourth-order valence-electron chi connectivity index (χ4n) is 3.93. The van der Waals surface area contributed by atoms with E-state index in [9.17, 15) is 0 Å². The summed E-state index contributed by atoms with van der Waals surface area (Å²) < 4.78 is 8.78. The zero-order valence-corrected chi connectivity index (χ0v) is 18.7. The Morgan fingerprint density at radius 2 is 1.93 bits per heavy atom. The van der Waals surface area contributed by atoms with Crippen molar-refractivity contribution in [3.63, 3.8) is 0 Å². The number of benzene rings is 1. The lowest BCUT2D eigenvalue weighted by molar-refractivity contribution is 0.396. The molecule has 3 aromatic rings. The van der Waals surface area contributed by atoms with Crippen LogP contribution < -0.4 is 0 Å². The molecular formula is C21H25BrN4OS. The number of aryl methyl sites for hydroxylation is 1. The first-order chi connectivity index (χ1) is 13.6. The zero-order valence-electron chi connectivity index (χ0n) is 16.3. The first kappa shape index (κ1) is 19.7. The van der Waals surface area contributed by atoms with Gasteiger partial charge in [0.25, 0.3) is 5.22 Å². The summed E-state index contributed by atoms with van der Waals surface area (Å²) in [6, 6.07) is 8.82. The van der Waals surface area contributed by atoms with Gasteiger partial charge < -0.3 is 4.42 Å². The standard InChI is InChI=1S/C21H25BrN4OS/c1-14-20(22)15(2)26(25-14)12-19-23-24-21(27-19)28-13-17-10-6-7-11-18(17)16-8-4-3-5-9-16/h6-7,10-11,16H,3-5,8-9,12-13H2,1-2H3. The number of hydrogen-bond acceptors (Lipinski definition) is 5. The van der Waals surface area contributed by atoms with Crippen LogP contribution in [0.15, 0.2) is 38.4 Å². The molecule has 5 nitrogen and oxygen atoms in total. The maximum Gasteiger partial charge on any atom is 0.276 e. The molecule has 0 bridgehead atoms. The Kier molecular flexibility index (Phi) is 6.21. The third kappa shape index (κ3) is 4.35. The lowest BCUT2D eigenvalue weighted by Gasteiger charge is -2.24. The number of aromatic nitrogens is 4. The summed E-state index contributed by atoms with van der Waals surface area (Å²) in [5.41, 5.74) is 4.92. The fourth-order valence-corrected chi connectivity index (χ4v) is 5.01. The number of thioether (sulfide) groups is 1. The van der Waals surface area contributed by atoms with Crippen LogP contribution in [0.5, 0.6) is 0 Å². The molecule has 1 fully saturated rings. The zero-order chi connectivity index (χ0) is 19.5. The average Bonchev–Trinajstić information content (AvgIpc) is 3.27. The highest BCUT2D eigenvalue weighted by Crippen LogP contribution is 2.36. The van der Waals surface area contributed by atoms with Gasteiger partial charge in [-0.05, 0) is 59.7 Å². The Bertz CT molecular complexity index is 946. The van der Waals surface area contributed by atoms with Crippen molar-refractivity contribution >= 4 is 27.7 Å². The third-order valence-electron chi connectivity index (χ3n) is 5.48. The van der Waals surface area contributed by atoms with E-state index in [0.717, 1.165) is 21.6 Å². The Balaban J connectivity index is 1.42. The van der Waals surface area contributed by atoms with E-state index in [4.69, 9.17) is 4.42 Å². The van der Waals surface area contributed by atoms with Gasteiger partial charge in [-0.3, -0.25) is 4.68 Å². The second kappa shape index (κ2) is 8.82. The Morgan fingerprint density at radius 3 is 2.68 bits per heavy atom. The third-order valence-corrected chi connectivity index (χ3v) is 7.49. The van der Waals surface area contributed by atoms with Gasteiger partial charge in [0.2, 0.25) is 5.89 Å². The quantitative estimate of drug-likeness (QED) is 0.420. The Hall–Kier alpha value is -1.60. The van der Waals surface area contributed by atoms with Gasteiger partial charge in [0, 0.05) is 5.75 Å². The molecular weight excluding hydrogens is 436 g/mol. The maximum atomic E-state index is 5.86. The second-order valence-electron chi connectivity index (χ2n) is 7.43. The lowest BCUT2D eigenvalue weighted by atomic mass is 9.82. The van der Waals surface area contributed by atoms with Gasteiger partial charge in [-0.25, -0.2) is 0 Å². The largest absolute Gasteiger partial charge is 0.414 e. The van der Waals surface area contributed by atoms with Crippen molar-refractivity contribution in [1.29, 1.82) is 0 Å². The van der Waals surface area contributed by atoms with Crippen LogP contribution in [-0.4, -0.2) is 20.0 Å². The first-order valence-electron chi connectivity index (χ1n) is 9.84. The second-order valence-corrected chi connectivity index (χ2v) is 9.15. The highest BCUT2D eigenvalue weighted by molar-refractivity contribution is 9.10. The maximum absolute atomic E-state index is 5.86. The van der Waals surface area contributed by atoms with Crippen LogP contribution >= 0.6 is 27.7 Å². The van der Waals surface area contributed by atoms with E-state index in [1.54, 1.807) is 11.8 Å². The van der Waals surface area contributed by atoms with Crippen molar-refractivity contribution < 1.29 is 4.42 Å². The highest BCUT2D eigenvalue weighted by Gasteiger charge is 2.19. The summed E-state index contributed by atoms with van der Waals surface area (Å²) in [4.78, 5) is 0. The van der Waals surface area contributed by atoms with Crippen molar-refractivity contribution in [2.45, 2.75) is 69.4 Å². The Morgan fingerprint density at radius 1 is 1.14 bits per heavy atom. The van der Waals surface area contributed by atoms with E-state index in [1.807, 2.05) is 18.5 Å². The van der Waals surface area contributed by atoms with Gasteiger partial charge in [0.15, 0.2) is 0 Å². The first-order valence-corrected chi connectivity index (χ1v) is 11.6. The molecule has 2 heterocycles. The molecule has 1 aromatic carbocycles. The van der Waals surface area contributed by atoms with E-state index in [0.29, 0.717) is 23.6 Å². The number of halogens is 1. The molecule has 1 saturated carbocycles. The molecule has 0 atom stereocenters. The minimum Gasteiger partial charge on any atom is -0.414 e. The minimum atomic E-state index is 0.491. The monoisotopic (exact) mass is 460 g/mol. The molecule has 2 aromatic heterocycles. The van der Waals surface area contributed by atoms with Crippen molar-refractivity contribution in [2.24, 2.45) is 0 Å². The van der Waals surface area contributed by atoms with Crippen LogP contribution in [-0.2, 0) is 12.3 Å². The van der Waals surface area contributed by atoms with Crippen LogP contribution in [0, 0.1) is 13.8 Å². The molecule has 7 heteroatoms. The van der Waals surface area contributed by atoms with Gasteiger partial charge in [-0.15, -0.1) is 10.2 Å². The van der Waals surface area contributed by atoms with Gasteiger partial charge >= 0.3 is 0 Å². The molecule has 0 amide bonds. The molecule has 0 aliphatic heterocycles. The SMILES string of the molecule is Cc1nn(Cc2nnc(SCc3ccccc3C3CCCCC3)o2)c(C)c1Br. The van der Waals surface area contributed by atoms with E-state index in [1.165, 1.54) is 43.2 Å². The summed E-state index contributed by atoms with van der Waals surface area (Å²) in [5, 5.41) is 13.6. The van der Waals surface area contributed by atoms with Crippen LogP contribution in [0.2, 0.25) is 0 Å². The number of hydrogen-bond donors (Lipinski definition) is 0.